The lowest BCUT2D eigenvalue weighted by atomic mass is 9.95. The summed E-state index contributed by atoms with van der Waals surface area (Å²) in [5.74, 6) is -5.64. The number of aliphatic hydroxyl groups is 1. The summed E-state index contributed by atoms with van der Waals surface area (Å²) < 4.78 is 28.3. The molecular weight excluding hydrogens is 460 g/mol. The van der Waals surface area contributed by atoms with Crippen LogP contribution in [-0.4, -0.2) is 51.6 Å². The molecule has 0 saturated carbocycles. The van der Waals surface area contributed by atoms with Crippen LogP contribution in [0.25, 0.3) is 0 Å². The van der Waals surface area contributed by atoms with E-state index in [1.165, 1.54) is 28.7 Å². The summed E-state index contributed by atoms with van der Waals surface area (Å²) in [6, 6.07) is 12.5. The fourth-order valence-electron chi connectivity index (χ4n) is 4.19. The third-order valence-corrected chi connectivity index (χ3v) is 7.35. The number of hydrogen-bond donors (Lipinski definition) is 2. The summed E-state index contributed by atoms with van der Waals surface area (Å²) in [6.07, 6.45) is 5.27. The molecule has 8 heteroatoms. The van der Waals surface area contributed by atoms with E-state index in [4.69, 9.17) is 5.11 Å². The number of aromatic carboxylic acids is 1. The number of likely N-dealkylation sites (tertiary alicyclic amines) is 1. The predicted octanol–water partition coefficient (Wildman–Crippen LogP) is 5.19. The highest BCUT2D eigenvalue weighted by Gasteiger charge is 2.52. The van der Waals surface area contributed by atoms with Crippen molar-refractivity contribution >= 4 is 23.2 Å². The summed E-state index contributed by atoms with van der Waals surface area (Å²) in [5, 5.41) is 19.5. The average Bonchev–Trinajstić information content (AvgIpc) is 3.36. The molecule has 2 N–H and O–H groups in total. The third-order valence-electron chi connectivity index (χ3n) is 6.22. The van der Waals surface area contributed by atoms with Gasteiger partial charge in [-0.3, -0.25) is 4.79 Å². The van der Waals surface area contributed by atoms with Gasteiger partial charge >= 0.3 is 11.9 Å². The van der Waals surface area contributed by atoms with E-state index < -0.39 is 36.4 Å². The second-order valence-corrected chi connectivity index (χ2v) is 10.0. The van der Waals surface area contributed by atoms with E-state index >= 15 is 0 Å². The Hall–Kier alpha value is -2.58. The number of carbonyl (C=O) groups excluding carboxylic acids is 1. The number of thiophene rings is 1. The fourth-order valence-corrected chi connectivity index (χ4v) is 5.07. The number of nitrogens with zero attached hydrogens (tertiary/aromatic N) is 1. The molecule has 34 heavy (non-hydrogen) atoms. The van der Waals surface area contributed by atoms with Crippen molar-refractivity contribution in [2.45, 2.75) is 63.5 Å². The summed E-state index contributed by atoms with van der Waals surface area (Å²) in [5.41, 5.74) is 1.24. The topological polar surface area (TPSA) is 77.8 Å². The van der Waals surface area contributed by atoms with E-state index in [2.05, 4.69) is 12.1 Å². The lowest BCUT2D eigenvalue weighted by Gasteiger charge is -2.22. The molecule has 3 atom stereocenters. The summed E-state index contributed by atoms with van der Waals surface area (Å²) >= 11 is 1.15. The van der Waals surface area contributed by atoms with Crippen LogP contribution in [0.4, 0.5) is 8.78 Å². The van der Waals surface area contributed by atoms with E-state index in [0.29, 0.717) is 12.8 Å². The highest BCUT2D eigenvalue weighted by atomic mass is 32.1. The van der Waals surface area contributed by atoms with E-state index in [9.17, 15) is 23.5 Å². The van der Waals surface area contributed by atoms with Gasteiger partial charge in [0, 0.05) is 17.8 Å². The van der Waals surface area contributed by atoms with Crippen LogP contribution in [0.1, 0.15) is 52.7 Å². The molecular formula is C26H31F2NO4S. The van der Waals surface area contributed by atoms with Gasteiger partial charge in [0.1, 0.15) is 4.88 Å². The fraction of sp³-hybridized carbons (Fsp3) is 0.462. The molecule has 0 bridgehead atoms. The maximum absolute atomic E-state index is 14.1. The van der Waals surface area contributed by atoms with Crippen molar-refractivity contribution in [3.8, 4) is 0 Å². The Morgan fingerprint density at radius 3 is 2.62 bits per heavy atom. The Morgan fingerprint density at radius 2 is 1.94 bits per heavy atom. The zero-order valence-corrected chi connectivity index (χ0v) is 20.0. The van der Waals surface area contributed by atoms with Crippen LogP contribution in [0.15, 0.2) is 54.6 Å². The van der Waals surface area contributed by atoms with Crippen molar-refractivity contribution < 1.29 is 28.6 Å². The van der Waals surface area contributed by atoms with Gasteiger partial charge in [-0.15, -0.1) is 11.3 Å². The molecule has 2 heterocycles. The van der Waals surface area contributed by atoms with Crippen LogP contribution in [0.5, 0.6) is 0 Å². The number of alkyl halides is 2. The first-order valence-electron chi connectivity index (χ1n) is 11.6. The molecule has 1 aliphatic heterocycles. The molecule has 1 fully saturated rings. The van der Waals surface area contributed by atoms with Crippen molar-refractivity contribution in [1.82, 2.24) is 4.90 Å². The Morgan fingerprint density at radius 1 is 1.21 bits per heavy atom. The van der Waals surface area contributed by atoms with Crippen LogP contribution in [0, 0.1) is 5.92 Å². The average molecular weight is 492 g/mol. The van der Waals surface area contributed by atoms with Gasteiger partial charge in [0.25, 0.3) is 5.91 Å². The molecule has 5 nitrogen and oxygen atoms in total. The number of carbonyl (C=O) groups is 2. The third kappa shape index (κ3) is 6.96. The van der Waals surface area contributed by atoms with E-state index in [-0.39, 0.29) is 17.3 Å². The van der Waals surface area contributed by atoms with Gasteiger partial charge in [-0.05, 0) is 55.7 Å². The second-order valence-electron chi connectivity index (χ2n) is 8.88. The van der Waals surface area contributed by atoms with E-state index in [1.54, 1.807) is 6.07 Å². The molecule has 184 valence electrons. The smallest absolute Gasteiger partial charge is 0.345 e. The minimum Gasteiger partial charge on any atom is -0.477 e. The number of carboxylic acid groups (broad SMARTS) is 1. The standard InChI is InChI=1S/C26H31F2NO4S/c1-18(7-5-10-19-8-3-2-4-9-19)22(30)14-12-20-17-26(27,28)25(33)29(20)16-6-11-21-13-15-23(34-21)24(31)32/h2-4,8-9,12-15,18,20,22,30H,5-7,10-11,16-17H2,1H3,(H,31,32)/b14-12+/t18-,20-,22-/m0/s1. The predicted molar refractivity (Wildman–Crippen MR) is 128 cm³/mol. The van der Waals surface area contributed by atoms with Gasteiger partial charge in [0.05, 0.1) is 12.1 Å². The molecule has 1 aliphatic rings. The van der Waals surface area contributed by atoms with E-state index in [1.807, 2.05) is 25.1 Å². The number of aryl methyl sites for hydroxylation is 2. The molecule has 3 rings (SSSR count). The first-order valence-corrected chi connectivity index (χ1v) is 12.4. The lowest BCUT2D eigenvalue weighted by Crippen LogP contribution is -2.36. The van der Waals surface area contributed by atoms with Gasteiger partial charge < -0.3 is 15.1 Å². The van der Waals surface area contributed by atoms with Crippen LogP contribution >= 0.6 is 11.3 Å². The number of carboxylic acids is 1. The summed E-state index contributed by atoms with van der Waals surface area (Å²) in [4.78, 5) is 25.5. The Balaban J connectivity index is 1.51. The minimum atomic E-state index is -3.42. The summed E-state index contributed by atoms with van der Waals surface area (Å²) in [7, 11) is 0. The number of amides is 1. The molecule has 0 unspecified atom stereocenters. The lowest BCUT2D eigenvalue weighted by molar-refractivity contribution is -0.148. The summed E-state index contributed by atoms with van der Waals surface area (Å²) in [6.45, 7) is 2.07. The monoisotopic (exact) mass is 491 g/mol. The first kappa shape index (κ1) is 26.0. The Bertz CT molecular complexity index is 992. The van der Waals surface area contributed by atoms with Crippen LogP contribution < -0.4 is 0 Å². The maximum atomic E-state index is 14.1. The number of benzene rings is 1. The second kappa shape index (κ2) is 11.7. The van der Waals surface area contributed by atoms with Gasteiger partial charge in [0.2, 0.25) is 0 Å². The van der Waals surface area contributed by atoms with Crippen LogP contribution in [0.2, 0.25) is 0 Å². The zero-order chi connectivity index (χ0) is 24.7. The van der Waals surface area contributed by atoms with Crippen LogP contribution in [0.3, 0.4) is 0 Å². The zero-order valence-electron chi connectivity index (χ0n) is 19.2. The normalized spacial score (nSPS) is 19.6. The first-order chi connectivity index (χ1) is 16.2. The number of rotatable bonds is 12. The number of hydrogen-bond acceptors (Lipinski definition) is 4. The van der Waals surface area contributed by atoms with Gasteiger partial charge in [-0.2, -0.15) is 8.78 Å². The largest absolute Gasteiger partial charge is 0.477 e. The Kier molecular flexibility index (Phi) is 8.97. The van der Waals surface area contributed by atoms with E-state index in [0.717, 1.165) is 35.5 Å². The quantitative estimate of drug-likeness (QED) is 0.401. The molecule has 2 aromatic rings. The van der Waals surface area contributed by atoms with Crippen LogP contribution in [-0.2, 0) is 17.6 Å². The van der Waals surface area contributed by atoms with Crippen molar-refractivity contribution in [1.29, 1.82) is 0 Å². The molecule has 0 spiro atoms. The Labute approximate surface area is 202 Å². The molecule has 1 aromatic heterocycles. The van der Waals surface area contributed by atoms with Gasteiger partial charge in [-0.1, -0.05) is 49.4 Å². The maximum Gasteiger partial charge on any atom is 0.345 e. The van der Waals surface area contributed by atoms with Crippen molar-refractivity contribution in [2.75, 3.05) is 6.54 Å². The van der Waals surface area contributed by atoms with Crippen molar-refractivity contribution in [3.05, 3.63) is 69.9 Å². The van der Waals surface area contributed by atoms with Gasteiger partial charge in [0.15, 0.2) is 0 Å². The number of halogens is 2. The van der Waals surface area contributed by atoms with Gasteiger partial charge in [-0.25, -0.2) is 4.79 Å². The SMILES string of the molecule is C[C@@H](CCCc1ccccc1)[C@@H](O)/C=C/[C@H]1CC(F)(F)C(=O)N1CCCc1ccc(C(=O)O)s1. The van der Waals surface area contributed by atoms with Crippen molar-refractivity contribution in [2.24, 2.45) is 5.92 Å². The molecule has 1 amide bonds. The minimum absolute atomic E-state index is 0.0340. The molecule has 1 saturated heterocycles. The molecule has 0 aliphatic carbocycles. The molecule has 1 aromatic carbocycles. The number of aliphatic hydroxyl groups excluding tert-OH is 1. The van der Waals surface area contributed by atoms with Crippen molar-refractivity contribution in [3.63, 3.8) is 0 Å². The molecule has 0 radical (unpaired) electrons. The highest BCUT2D eigenvalue weighted by molar-refractivity contribution is 7.13. The highest BCUT2D eigenvalue weighted by Crippen LogP contribution is 2.34.